The van der Waals surface area contributed by atoms with Gasteiger partial charge in [-0.15, -0.1) is 0 Å². The molecule has 0 N–H and O–H groups in total. The molecule has 1 amide bonds. The van der Waals surface area contributed by atoms with E-state index in [9.17, 15) is 26.0 Å². The van der Waals surface area contributed by atoms with E-state index < -0.39 is 32.0 Å². The molecular weight excluding hydrogens is 543 g/mol. The molecule has 0 bridgehead atoms. The van der Waals surface area contributed by atoms with E-state index in [1.807, 2.05) is 4.90 Å². The minimum Gasteiger partial charge on any atom is -0.366 e. The molecule has 2 fully saturated rings. The molecule has 2 aliphatic heterocycles. The number of hydrogen-bond acceptors (Lipinski definition) is 6. The van der Waals surface area contributed by atoms with E-state index >= 15 is 0 Å². The number of nitrogens with zero attached hydrogens (tertiary/aromatic N) is 4. The first kappa shape index (κ1) is 27.3. The number of benzene rings is 3. The Kier molecular flexibility index (Phi) is 7.72. The fourth-order valence-electron chi connectivity index (χ4n) is 5.00. The van der Waals surface area contributed by atoms with Crippen LogP contribution in [0.15, 0.2) is 94.7 Å². The zero-order valence-corrected chi connectivity index (χ0v) is 22.8. The molecule has 1 atom stereocenters. The highest BCUT2D eigenvalue weighted by molar-refractivity contribution is 7.89. The molecule has 0 radical (unpaired) electrons. The SMILES string of the molecule is O=C(C1CN(S(=O)(=O)c2ccccc2)CCN1S(=O)(=O)c1ccccc1)N1CCN(c2ccccc2F)CC1. The topological polar surface area (TPSA) is 98.3 Å². The second kappa shape index (κ2) is 11.0. The zero-order valence-electron chi connectivity index (χ0n) is 21.1. The van der Waals surface area contributed by atoms with Crippen LogP contribution in [0.2, 0.25) is 0 Å². The first-order chi connectivity index (χ1) is 18.7. The van der Waals surface area contributed by atoms with Gasteiger partial charge >= 0.3 is 0 Å². The molecule has 3 aromatic rings. The number of hydrogen-bond donors (Lipinski definition) is 0. The minimum absolute atomic E-state index is 0.0338. The molecule has 5 rings (SSSR count). The normalized spacial score (nSPS) is 19.7. The van der Waals surface area contributed by atoms with Gasteiger partial charge in [0.2, 0.25) is 26.0 Å². The van der Waals surface area contributed by atoms with E-state index in [4.69, 9.17) is 0 Å². The molecule has 0 saturated carbocycles. The summed E-state index contributed by atoms with van der Waals surface area (Å²) in [5, 5.41) is 0. The van der Waals surface area contributed by atoms with Gasteiger partial charge in [0.25, 0.3) is 0 Å². The summed E-state index contributed by atoms with van der Waals surface area (Å²) in [6.45, 7) is 0.634. The number of carbonyl (C=O) groups is 1. The minimum atomic E-state index is -4.08. The molecule has 2 saturated heterocycles. The van der Waals surface area contributed by atoms with Gasteiger partial charge in [-0.2, -0.15) is 8.61 Å². The molecule has 1 unspecified atom stereocenters. The summed E-state index contributed by atoms with van der Waals surface area (Å²) in [7, 11) is -8.03. The third-order valence-electron chi connectivity index (χ3n) is 7.09. The van der Waals surface area contributed by atoms with Crippen molar-refractivity contribution in [3.05, 3.63) is 90.7 Å². The summed E-state index contributed by atoms with van der Waals surface area (Å²) in [5.41, 5.74) is 0.440. The number of para-hydroxylation sites is 1. The van der Waals surface area contributed by atoms with Crippen LogP contribution in [0.3, 0.4) is 0 Å². The third kappa shape index (κ3) is 5.42. The van der Waals surface area contributed by atoms with E-state index in [1.54, 1.807) is 54.6 Å². The van der Waals surface area contributed by atoms with Crippen molar-refractivity contribution in [3.8, 4) is 0 Å². The number of anilines is 1. The maximum atomic E-state index is 14.3. The Morgan fingerprint density at radius 3 is 1.79 bits per heavy atom. The number of sulfonamides is 2. The van der Waals surface area contributed by atoms with Gasteiger partial charge in [0, 0.05) is 45.8 Å². The molecule has 12 heteroatoms. The zero-order chi connectivity index (χ0) is 27.6. The van der Waals surface area contributed by atoms with E-state index in [-0.39, 0.29) is 48.3 Å². The van der Waals surface area contributed by atoms with Crippen molar-refractivity contribution in [2.24, 2.45) is 0 Å². The summed E-state index contributed by atoms with van der Waals surface area (Å²) in [5.74, 6) is -0.831. The van der Waals surface area contributed by atoms with Crippen LogP contribution in [0.5, 0.6) is 0 Å². The van der Waals surface area contributed by atoms with Crippen LogP contribution >= 0.6 is 0 Å². The van der Waals surface area contributed by atoms with Crippen molar-refractivity contribution in [3.63, 3.8) is 0 Å². The van der Waals surface area contributed by atoms with Crippen molar-refractivity contribution >= 4 is 31.6 Å². The van der Waals surface area contributed by atoms with Gasteiger partial charge in [-0.1, -0.05) is 48.5 Å². The van der Waals surface area contributed by atoms with Crippen LogP contribution in [0, 0.1) is 5.82 Å². The summed E-state index contributed by atoms with van der Waals surface area (Å²) in [6, 6.07) is 20.8. The number of piperazine rings is 2. The molecule has 206 valence electrons. The Labute approximate surface area is 228 Å². The van der Waals surface area contributed by atoms with E-state index in [0.29, 0.717) is 18.8 Å². The van der Waals surface area contributed by atoms with Gasteiger partial charge in [-0.25, -0.2) is 21.2 Å². The Balaban J connectivity index is 1.41. The van der Waals surface area contributed by atoms with Gasteiger partial charge < -0.3 is 9.80 Å². The van der Waals surface area contributed by atoms with Crippen molar-refractivity contribution in [1.82, 2.24) is 13.5 Å². The summed E-state index contributed by atoms with van der Waals surface area (Å²) in [4.78, 5) is 17.4. The monoisotopic (exact) mass is 572 g/mol. The number of amides is 1. The summed E-state index contributed by atoms with van der Waals surface area (Å²) in [6.07, 6.45) is 0. The Bertz CT molecular complexity index is 1530. The van der Waals surface area contributed by atoms with Crippen LogP contribution in [0.25, 0.3) is 0 Å². The highest BCUT2D eigenvalue weighted by Crippen LogP contribution is 2.27. The standard InChI is InChI=1S/C27H29FN4O5S2/c28-24-13-7-8-14-25(24)29-15-17-30(18-16-29)27(33)26-21-31(38(34,35)22-9-3-1-4-10-22)19-20-32(26)39(36,37)23-11-5-2-6-12-23/h1-14,26H,15-21H2. The fraction of sp³-hybridized carbons (Fsp3) is 0.296. The highest BCUT2D eigenvalue weighted by atomic mass is 32.2. The van der Waals surface area contributed by atoms with Crippen molar-refractivity contribution < 1.29 is 26.0 Å². The van der Waals surface area contributed by atoms with E-state index in [1.165, 1.54) is 39.5 Å². The van der Waals surface area contributed by atoms with Crippen molar-refractivity contribution in [2.75, 3.05) is 50.7 Å². The molecule has 3 aromatic carbocycles. The number of carbonyl (C=O) groups excluding carboxylic acids is 1. The lowest BCUT2D eigenvalue weighted by atomic mass is 10.1. The molecule has 2 heterocycles. The molecule has 2 aliphatic rings. The molecule has 9 nitrogen and oxygen atoms in total. The smallest absolute Gasteiger partial charge is 0.243 e. The summed E-state index contributed by atoms with van der Waals surface area (Å²) < 4.78 is 70.6. The van der Waals surface area contributed by atoms with Crippen LogP contribution in [0.4, 0.5) is 10.1 Å². The third-order valence-corrected chi connectivity index (χ3v) is 10.9. The quantitative estimate of drug-likeness (QED) is 0.450. The summed E-state index contributed by atoms with van der Waals surface area (Å²) >= 11 is 0. The fourth-order valence-corrected chi connectivity index (χ4v) is 8.05. The molecular formula is C27H29FN4O5S2. The second-order valence-electron chi connectivity index (χ2n) is 9.38. The van der Waals surface area contributed by atoms with Crippen LogP contribution in [-0.4, -0.2) is 88.1 Å². The molecule has 0 aromatic heterocycles. The predicted molar refractivity (Wildman–Crippen MR) is 145 cm³/mol. The van der Waals surface area contributed by atoms with Crippen molar-refractivity contribution in [1.29, 1.82) is 0 Å². The average molecular weight is 573 g/mol. The average Bonchev–Trinajstić information content (AvgIpc) is 2.98. The van der Waals surface area contributed by atoms with E-state index in [0.717, 1.165) is 4.31 Å². The van der Waals surface area contributed by atoms with Gasteiger partial charge in [-0.3, -0.25) is 4.79 Å². The van der Waals surface area contributed by atoms with E-state index in [2.05, 4.69) is 0 Å². The Morgan fingerprint density at radius 1 is 0.667 bits per heavy atom. The maximum absolute atomic E-state index is 14.3. The molecule has 0 spiro atoms. The lowest BCUT2D eigenvalue weighted by Gasteiger charge is -2.43. The lowest BCUT2D eigenvalue weighted by Crippen LogP contribution is -2.63. The van der Waals surface area contributed by atoms with Gasteiger partial charge in [-0.05, 0) is 36.4 Å². The second-order valence-corrected chi connectivity index (χ2v) is 13.2. The van der Waals surface area contributed by atoms with Crippen LogP contribution < -0.4 is 4.90 Å². The predicted octanol–water partition coefficient (Wildman–Crippen LogP) is 2.24. The molecule has 39 heavy (non-hydrogen) atoms. The first-order valence-corrected chi connectivity index (χ1v) is 15.5. The van der Waals surface area contributed by atoms with Gasteiger partial charge in [0.15, 0.2) is 0 Å². The number of rotatable bonds is 6. The van der Waals surface area contributed by atoms with Crippen LogP contribution in [-0.2, 0) is 24.8 Å². The maximum Gasteiger partial charge on any atom is 0.243 e. The first-order valence-electron chi connectivity index (χ1n) is 12.6. The Hall–Kier alpha value is -3.32. The Morgan fingerprint density at radius 2 is 1.21 bits per heavy atom. The largest absolute Gasteiger partial charge is 0.366 e. The van der Waals surface area contributed by atoms with Gasteiger partial charge in [0.1, 0.15) is 11.9 Å². The molecule has 0 aliphatic carbocycles. The van der Waals surface area contributed by atoms with Gasteiger partial charge in [0.05, 0.1) is 15.5 Å². The van der Waals surface area contributed by atoms with Crippen molar-refractivity contribution in [2.45, 2.75) is 15.8 Å². The number of halogens is 1. The highest BCUT2D eigenvalue weighted by Gasteiger charge is 2.45. The van der Waals surface area contributed by atoms with Crippen LogP contribution in [0.1, 0.15) is 0 Å². The lowest BCUT2D eigenvalue weighted by molar-refractivity contribution is -0.136.